The summed E-state index contributed by atoms with van der Waals surface area (Å²) < 4.78 is 9.96. The molecule has 0 bridgehead atoms. The Balaban J connectivity index is 2.87. The first-order chi connectivity index (χ1) is 8.72. The van der Waals surface area contributed by atoms with Gasteiger partial charge >= 0.3 is 5.97 Å². The minimum atomic E-state index is -0.527. The van der Waals surface area contributed by atoms with Crippen LogP contribution in [0.3, 0.4) is 0 Å². The van der Waals surface area contributed by atoms with E-state index in [2.05, 4.69) is 0 Å². The van der Waals surface area contributed by atoms with Crippen molar-refractivity contribution >= 4 is 23.0 Å². The second-order valence-electron chi connectivity index (χ2n) is 3.70. The van der Waals surface area contributed by atoms with Crippen LogP contribution in [-0.2, 0) is 4.74 Å². The summed E-state index contributed by atoms with van der Waals surface area (Å²) in [5.41, 5.74) is 0.688. The van der Waals surface area contributed by atoms with Gasteiger partial charge in [0.25, 0.3) is 0 Å². The molecule has 0 unspecified atom stereocenters. The third-order valence-electron chi connectivity index (χ3n) is 2.76. The number of hydrogen-bond acceptors (Lipinski definition) is 4. The number of ether oxygens (including phenoxy) is 2. The summed E-state index contributed by atoms with van der Waals surface area (Å²) in [6.45, 7) is 0. The summed E-state index contributed by atoms with van der Waals surface area (Å²) in [5.74, 6) is -0.108. The van der Waals surface area contributed by atoms with Crippen molar-refractivity contribution in [1.29, 1.82) is 0 Å². The molecule has 0 saturated carbocycles. The first kappa shape index (κ1) is 12.1. The molecule has 4 heteroatoms. The molecule has 92 valence electrons. The molecule has 18 heavy (non-hydrogen) atoms. The van der Waals surface area contributed by atoms with Crippen molar-refractivity contribution < 1.29 is 19.1 Å². The fourth-order valence-corrected chi connectivity index (χ4v) is 1.96. The minimum Gasteiger partial charge on any atom is -0.495 e. The molecular formula is C14H12O4. The number of hydrogen-bond donors (Lipinski definition) is 0. The lowest BCUT2D eigenvalue weighted by Crippen LogP contribution is -2.06. The van der Waals surface area contributed by atoms with Crippen molar-refractivity contribution in [2.45, 2.75) is 0 Å². The number of rotatable bonds is 3. The third kappa shape index (κ3) is 1.82. The molecule has 0 atom stereocenters. The van der Waals surface area contributed by atoms with Crippen LogP contribution in [-0.4, -0.2) is 26.5 Å². The Morgan fingerprint density at radius 2 is 1.83 bits per heavy atom. The van der Waals surface area contributed by atoms with Crippen molar-refractivity contribution in [3.8, 4) is 5.75 Å². The maximum absolute atomic E-state index is 11.7. The van der Waals surface area contributed by atoms with Crippen molar-refractivity contribution in [2.75, 3.05) is 14.2 Å². The first-order valence-electron chi connectivity index (χ1n) is 5.36. The molecule has 0 saturated heterocycles. The van der Waals surface area contributed by atoms with Crippen LogP contribution >= 0.6 is 0 Å². The number of carbonyl (C=O) groups excluding carboxylic acids is 2. The van der Waals surface area contributed by atoms with Crippen LogP contribution < -0.4 is 4.74 Å². The van der Waals surface area contributed by atoms with E-state index in [1.807, 2.05) is 18.2 Å². The van der Waals surface area contributed by atoms with Crippen LogP contribution in [0.4, 0.5) is 0 Å². The van der Waals surface area contributed by atoms with E-state index >= 15 is 0 Å². The Morgan fingerprint density at radius 1 is 1.17 bits per heavy atom. The Bertz CT molecular complexity index is 616. The van der Waals surface area contributed by atoms with Gasteiger partial charge in [0.15, 0.2) is 6.29 Å². The highest BCUT2D eigenvalue weighted by atomic mass is 16.5. The van der Waals surface area contributed by atoms with E-state index in [4.69, 9.17) is 9.47 Å². The van der Waals surface area contributed by atoms with E-state index in [0.29, 0.717) is 23.0 Å². The monoisotopic (exact) mass is 244 g/mol. The molecule has 0 aromatic heterocycles. The highest BCUT2D eigenvalue weighted by Gasteiger charge is 2.18. The minimum absolute atomic E-state index is 0.251. The molecule has 2 rings (SSSR count). The Labute approximate surface area is 104 Å². The van der Waals surface area contributed by atoms with Gasteiger partial charge in [-0.2, -0.15) is 0 Å². The summed E-state index contributed by atoms with van der Waals surface area (Å²) in [4.78, 5) is 22.8. The van der Waals surface area contributed by atoms with Crippen molar-refractivity contribution in [2.24, 2.45) is 0 Å². The van der Waals surface area contributed by atoms with E-state index in [-0.39, 0.29) is 5.56 Å². The molecule has 0 N–H and O–H groups in total. The molecule has 0 fully saturated rings. The fraction of sp³-hybridized carbons (Fsp3) is 0.143. The van der Waals surface area contributed by atoms with Crippen LogP contribution in [0.2, 0.25) is 0 Å². The number of carbonyl (C=O) groups is 2. The van der Waals surface area contributed by atoms with Gasteiger partial charge < -0.3 is 9.47 Å². The van der Waals surface area contributed by atoms with Crippen LogP contribution in [0.15, 0.2) is 30.3 Å². The Kier molecular flexibility index (Phi) is 3.28. The van der Waals surface area contributed by atoms with Gasteiger partial charge in [-0.25, -0.2) is 4.79 Å². The highest BCUT2D eigenvalue weighted by molar-refractivity contribution is 6.07. The molecular weight excluding hydrogens is 232 g/mol. The lowest BCUT2D eigenvalue weighted by atomic mass is 10.00. The smallest absolute Gasteiger partial charge is 0.341 e. The van der Waals surface area contributed by atoms with Crippen LogP contribution in [0, 0.1) is 0 Å². The number of methoxy groups -OCH3 is 2. The summed E-state index contributed by atoms with van der Waals surface area (Å²) in [5, 5.41) is 1.46. The van der Waals surface area contributed by atoms with Crippen LogP contribution in [0.25, 0.3) is 10.8 Å². The van der Waals surface area contributed by atoms with Crippen molar-refractivity contribution in [3.05, 3.63) is 41.5 Å². The Morgan fingerprint density at radius 3 is 2.39 bits per heavy atom. The molecule has 0 spiro atoms. The zero-order valence-electron chi connectivity index (χ0n) is 10.1. The predicted molar refractivity (Wildman–Crippen MR) is 67.2 cm³/mol. The molecule has 4 nitrogen and oxygen atoms in total. The second kappa shape index (κ2) is 4.87. The average molecular weight is 244 g/mol. The lowest BCUT2D eigenvalue weighted by molar-refractivity contribution is 0.0597. The third-order valence-corrected chi connectivity index (χ3v) is 2.76. The molecule has 0 aliphatic heterocycles. The Hall–Kier alpha value is -2.36. The van der Waals surface area contributed by atoms with Crippen LogP contribution in [0.1, 0.15) is 20.7 Å². The van der Waals surface area contributed by atoms with E-state index in [9.17, 15) is 9.59 Å². The standard InChI is InChI=1S/C14H12O4/c1-17-13-11-6-4-3-5-10(11)9(8-15)7-12(13)14(16)18-2/h3-8H,1-2H3. The van der Waals surface area contributed by atoms with Gasteiger partial charge in [-0.15, -0.1) is 0 Å². The van der Waals surface area contributed by atoms with Gasteiger partial charge in [-0.1, -0.05) is 24.3 Å². The molecule has 0 amide bonds. The topological polar surface area (TPSA) is 52.6 Å². The highest BCUT2D eigenvalue weighted by Crippen LogP contribution is 2.32. The number of benzene rings is 2. The summed E-state index contributed by atoms with van der Waals surface area (Å²) >= 11 is 0. The number of aldehydes is 1. The maximum Gasteiger partial charge on any atom is 0.341 e. The zero-order valence-corrected chi connectivity index (χ0v) is 10.1. The molecule has 0 aliphatic carbocycles. The molecule has 2 aromatic rings. The summed E-state index contributed by atoms with van der Waals surface area (Å²) in [6, 6.07) is 8.74. The maximum atomic E-state index is 11.7. The molecule has 0 radical (unpaired) electrons. The summed E-state index contributed by atoms with van der Waals surface area (Å²) in [6.07, 6.45) is 0.716. The van der Waals surface area contributed by atoms with Gasteiger partial charge in [0, 0.05) is 10.9 Å². The molecule has 0 heterocycles. The van der Waals surface area contributed by atoms with Gasteiger partial charge in [0.2, 0.25) is 0 Å². The molecule has 2 aromatic carbocycles. The van der Waals surface area contributed by atoms with Crippen LogP contribution in [0.5, 0.6) is 5.75 Å². The SMILES string of the molecule is COC(=O)c1cc(C=O)c2ccccc2c1OC. The normalized spacial score (nSPS) is 10.1. The quantitative estimate of drug-likeness (QED) is 0.614. The second-order valence-corrected chi connectivity index (χ2v) is 3.70. The first-order valence-corrected chi connectivity index (χ1v) is 5.36. The van der Waals surface area contributed by atoms with Crippen molar-refractivity contribution in [3.63, 3.8) is 0 Å². The van der Waals surface area contributed by atoms with Gasteiger partial charge in [-0.3, -0.25) is 4.79 Å². The van der Waals surface area contributed by atoms with E-state index in [0.717, 1.165) is 5.39 Å². The van der Waals surface area contributed by atoms with E-state index in [1.165, 1.54) is 20.3 Å². The fourth-order valence-electron chi connectivity index (χ4n) is 1.96. The zero-order chi connectivity index (χ0) is 13.1. The number of fused-ring (bicyclic) bond motifs is 1. The lowest BCUT2D eigenvalue weighted by Gasteiger charge is -2.12. The van der Waals surface area contributed by atoms with Gasteiger partial charge in [-0.05, 0) is 11.5 Å². The number of esters is 1. The van der Waals surface area contributed by atoms with Crippen molar-refractivity contribution in [1.82, 2.24) is 0 Å². The summed E-state index contributed by atoms with van der Waals surface area (Å²) in [7, 11) is 2.77. The van der Waals surface area contributed by atoms with E-state index < -0.39 is 5.97 Å². The predicted octanol–water partition coefficient (Wildman–Crippen LogP) is 2.45. The largest absolute Gasteiger partial charge is 0.495 e. The van der Waals surface area contributed by atoms with E-state index in [1.54, 1.807) is 6.07 Å². The van der Waals surface area contributed by atoms with Gasteiger partial charge in [0.05, 0.1) is 14.2 Å². The average Bonchev–Trinajstić information content (AvgIpc) is 2.44. The molecule has 0 aliphatic rings. The van der Waals surface area contributed by atoms with Gasteiger partial charge in [0.1, 0.15) is 11.3 Å².